The zero-order valence-corrected chi connectivity index (χ0v) is 21.0. The van der Waals surface area contributed by atoms with Gasteiger partial charge in [-0.25, -0.2) is 0 Å². The quantitative estimate of drug-likeness (QED) is 0.374. The van der Waals surface area contributed by atoms with Crippen molar-refractivity contribution in [3.05, 3.63) is 0 Å². The first-order chi connectivity index (χ1) is 0. The standard InChI is InChI=1S/Ca.Fe.K.Mg.Mn.Na.H3P.Zn/h;;;;;;1H3;. The van der Waals surface area contributed by atoms with Crippen LogP contribution in [0.4, 0.5) is 0 Å². The van der Waals surface area contributed by atoms with Gasteiger partial charge in [-0.3, -0.25) is 0 Å². The minimum Gasteiger partial charge on any atom is -0.153 e. The predicted molar refractivity (Wildman–Crippen MR) is 34.1 cm³/mol. The van der Waals surface area contributed by atoms with E-state index >= 15 is 0 Å². The maximum atomic E-state index is 0. The Morgan fingerprint density at radius 2 is 1.00 bits per heavy atom. The average molecular weight is 337 g/mol. The van der Waals surface area contributed by atoms with Gasteiger partial charge in [0.2, 0.25) is 0 Å². The smallest absolute Gasteiger partial charge is 0 e. The van der Waals surface area contributed by atoms with E-state index in [4.69, 9.17) is 0 Å². The van der Waals surface area contributed by atoms with E-state index in [0.29, 0.717) is 0 Å². The first kappa shape index (κ1) is 61.2. The van der Waals surface area contributed by atoms with E-state index in [9.17, 15) is 0 Å². The summed E-state index contributed by atoms with van der Waals surface area (Å²) < 4.78 is 0. The number of hydrogen-bond donors (Lipinski definition) is 0. The van der Waals surface area contributed by atoms with Gasteiger partial charge in [-0.2, -0.15) is 9.90 Å². The van der Waals surface area contributed by atoms with Crippen molar-refractivity contribution in [1.29, 1.82) is 0 Å². The molecule has 0 N–H and O–H groups in total. The zero-order valence-electron chi connectivity index (χ0n) is 5.56. The van der Waals surface area contributed by atoms with Crippen LogP contribution in [-0.4, -0.2) is 142 Å². The van der Waals surface area contributed by atoms with Crippen molar-refractivity contribution in [3.63, 3.8) is 0 Å². The third kappa shape index (κ3) is 38.6. The van der Waals surface area contributed by atoms with E-state index < -0.39 is 0 Å². The molecular weight excluding hydrogens is 334 g/mol. The molecule has 1 unspecified atom stereocenters. The maximum Gasteiger partial charge on any atom is 0 e. The Balaban J connectivity index is 0. The third-order valence-corrected chi connectivity index (χ3v) is 0. The van der Waals surface area contributed by atoms with Crippen LogP contribution >= 0.6 is 9.90 Å². The van der Waals surface area contributed by atoms with E-state index in [1.165, 1.54) is 0 Å². The van der Waals surface area contributed by atoms with E-state index in [-0.39, 0.29) is 205 Å². The minimum atomic E-state index is 0. The number of hydrogen-bond acceptors (Lipinski definition) is 0. The molecule has 0 saturated heterocycles. The Kier molecular flexibility index (Phi) is 375. The summed E-state index contributed by atoms with van der Waals surface area (Å²) in [4.78, 5) is 0. The van der Waals surface area contributed by atoms with Gasteiger partial charge in [0.05, 0.1) is 0 Å². The van der Waals surface area contributed by atoms with Crippen LogP contribution in [0.1, 0.15) is 0 Å². The topological polar surface area (TPSA) is 0 Å². The average Bonchev–Trinajstić information content (AvgIpc) is 0. The van der Waals surface area contributed by atoms with Gasteiger partial charge in [-0.1, -0.05) is 0 Å². The fraction of sp³-hybridized carbons (Fsp3) is 0. The van der Waals surface area contributed by atoms with Crippen molar-refractivity contribution in [3.8, 4) is 0 Å². The first-order valence-electron chi connectivity index (χ1n) is 0. The number of rotatable bonds is 0. The Labute approximate surface area is 199 Å². The molecule has 31 valence electrons. The largest absolute Gasteiger partial charge is 0.153 e. The van der Waals surface area contributed by atoms with Crippen LogP contribution in [0, 0.1) is 0 Å². The molecule has 0 aromatic rings. The van der Waals surface area contributed by atoms with Crippen molar-refractivity contribution in [2.45, 2.75) is 0 Å². The third-order valence-electron chi connectivity index (χ3n) is 0. The molecule has 1 atom stereocenters. The minimum absolute atomic E-state index is 0. The van der Waals surface area contributed by atoms with Crippen LogP contribution < -0.4 is 0 Å². The maximum absolute atomic E-state index is 0. The molecule has 0 bridgehead atoms. The van der Waals surface area contributed by atoms with Gasteiger partial charge in [-0.15, -0.1) is 0 Å². The molecule has 0 saturated carbocycles. The Morgan fingerprint density at radius 3 is 1.00 bits per heavy atom. The van der Waals surface area contributed by atoms with Crippen molar-refractivity contribution in [1.82, 2.24) is 0 Å². The fourth-order valence-corrected chi connectivity index (χ4v) is 0. The van der Waals surface area contributed by atoms with Crippen molar-refractivity contribution >= 4 is 152 Å². The zero-order chi connectivity index (χ0) is 0. The SMILES string of the molecule is P.[Ca].[Fe].[K].[Mg].[Mn].[Na].[Zn]. The van der Waals surface area contributed by atoms with Crippen LogP contribution in [0.5, 0.6) is 0 Å². The van der Waals surface area contributed by atoms with Gasteiger partial charge in [-0.05, 0) is 0 Å². The molecule has 0 nitrogen and oxygen atoms in total. The van der Waals surface area contributed by atoms with Crippen molar-refractivity contribution < 1.29 is 53.6 Å². The predicted octanol–water partition coefficient (Wildman–Crippen LogP) is -1.47. The normalized spacial score (nSPS) is 0. The molecule has 7 radical (unpaired) electrons. The molecule has 8 heavy (non-hydrogen) atoms. The Hall–Kier alpha value is 6.75. The van der Waals surface area contributed by atoms with Crippen molar-refractivity contribution in [2.24, 2.45) is 0 Å². The summed E-state index contributed by atoms with van der Waals surface area (Å²) in [6.07, 6.45) is 0. The molecule has 0 aliphatic heterocycles. The molecular formula is H3CaFeKMgMnNaPZn. The first-order valence-corrected chi connectivity index (χ1v) is 0. The fourth-order valence-electron chi connectivity index (χ4n) is 0. The van der Waals surface area contributed by atoms with Crippen molar-refractivity contribution in [2.75, 3.05) is 0 Å². The van der Waals surface area contributed by atoms with Crippen LogP contribution in [0.25, 0.3) is 0 Å². The van der Waals surface area contributed by atoms with Crippen LogP contribution in [0.3, 0.4) is 0 Å². The summed E-state index contributed by atoms with van der Waals surface area (Å²) in [6.45, 7) is 0. The molecule has 0 fully saturated rings. The van der Waals surface area contributed by atoms with E-state index in [1.807, 2.05) is 0 Å². The molecule has 0 spiro atoms. The summed E-state index contributed by atoms with van der Waals surface area (Å²) >= 11 is 0. The van der Waals surface area contributed by atoms with Gasteiger partial charge in [0, 0.05) is 195 Å². The molecule has 0 aliphatic rings. The van der Waals surface area contributed by atoms with Gasteiger partial charge in [0.25, 0.3) is 0 Å². The van der Waals surface area contributed by atoms with Crippen LogP contribution in [0.2, 0.25) is 0 Å². The molecule has 0 aromatic carbocycles. The van der Waals surface area contributed by atoms with E-state index in [0.717, 1.165) is 0 Å². The van der Waals surface area contributed by atoms with Crippen LogP contribution in [0.15, 0.2) is 0 Å². The van der Waals surface area contributed by atoms with Gasteiger partial charge in [0.15, 0.2) is 0 Å². The molecule has 0 rings (SSSR count). The second kappa shape index (κ2) is 49.0. The second-order valence-electron chi connectivity index (χ2n) is 0. The summed E-state index contributed by atoms with van der Waals surface area (Å²) in [6, 6.07) is 0. The molecule has 8 heteroatoms. The molecule has 0 heterocycles. The monoisotopic (exact) mass is 335 g/mol. The molecule has 0 aliphatic carbocycles. The molecule has 0 aromatic heterocycles. The Bertz CT molecular complexity index is 24.0. The van der Waals surface area contributed by atoms with E-state index in [2.05, 4.69) is 0 Å². The summed E-state index contributed by atoms with van der Waals surface area (Å²) in [7, 11) is 0. The summed E-state index contributed by atoms with van der Waals surface area (Å²) in [5.74, 6) is 0. The van der Waals surface area contributed by atoms with Gasteiger partial charge < -0.3 is 0 Å². The van der Waals surface area contributed by atoms with Gasteiger partial charge >= 0.3 is 0 Å². The Morgan fingerprint density at radius 1 is 1.00 bits per heavy atom. The second-order valence-corrected chi connectivity index (χ2v) is 0. The summed E-state index contributed by atoms with van der Waals surface area (Å²) in [5.41, 5.74) is 0. The van der Waals surface area contributed by atoms with E-state index in [1.54, 1.807) is 0 Å². The van der Waals surface area contributed by atoms with Gasteiger partial charge in [0.1, 0.15) is 0 Å². The molecule has 0 amide bonds. The van der Waals surface area contributed by atoms with Crippen LogP contribution in [-0.2, 0) is 53.6 Å². The summed E-state index contributed by atoms with van der Waals surface area (Å²) in [5, 5.41) is 0.